The van der Waals surface area contributed by atoms with E-state index in [1.165, 1.54) is 41.7 Å². The summed E-state index contributed by atoms with van der Waals surface area (Å²) in [5, 5.41) is 3.12. The monoisotopic (exact) mass is 462 g/mol. The second-order valence-corrected chi connectivity index (χ2v) is 9.31. The molecule has 3 rings (SSSR count). The molecule has 2 aromatic carbocycles. The molecule has 1 aliphatic heterocycles. The molecule has 0 spiro atoms. The molecule has 0 radical (unpaired) electrons. The lowest BCUT2D eigenvalue weighted by Crippen LogP contribution is -2.28. The number of amides is 1. The van der Waals surface area contributed by atoms with E-state index in [0.29, 0.717) is 13.1 Å². The van der Waals surface area contributed by atoms with Crippen molar-refractivity contribution in [1.29, 1.82) is 0 Å². The van der Waals surface area contributed by atoms with E-state index in [1.807, 2.05) is 0 Å². The average Bonchev–Trinajstić information content (AvgIpc) is 3.18. The van der Waals surface area contributed by atoms with E-state index < -0.39 is 15.9 Å². The number of hydrogen-bond acceptors (Lipinski definition) is 4. The van der Waals surface area contributed by atoms with Crippen LogP contribution in [0, 0.1) is 0 Å². The maximum absolute atomic E-state index is 12.8. The molecular formula is C18H17Cl3N2O4S. The summed E-state index contributed by atoms with van der Waals surface area (Å²) in [6.07, 6.45) is 1.62. The van der Waals surface area contributed by atoms with Crippen molar-refractivity contribution in [2.24, 2.45) is 0 Å². The minimum absolute atomic E-state index is 0.0420. The molecule has 10 heteroatoms. The number of hydrogen-bond donors (Lipinski definition) is 1. The van der Waals surface area contributed by atoms with Crippen molar-refractivity contribution >= 4 is 56.4 Å². The Morgan fingerprint density at radius 2 is 1.64 bits per heavy atom. The Kier molecular flexibility index (Phi) is 6.41. The number of carbonyl (C=O) groups excluding carboxylic acids is 1. The lowest BCUT2D eigenvalue weighted by atomic mass is 10.2. The molecule has 0 saturated carbocycles. The van der Waals surface area contributed by atoms with E-state index in [2.05, 4.69) is 5.32 Å². The standard InChI is InChI=1S/C18H17Cl3N2O4S/c1-27-17-14(20)8-11(9-15(17)21)18(24)22-12-4-5-13(19)16(10-12)28(25,26)23-6-2-3-7-23/h4-5,8-10H,2-3,6-7H2,1H3,(H,22,24). The molecule has 1 N–H and O–H groups in total. The van der Waals surface area contributed by atoms with Crippen LogP contribution in [-0.4, -0.2) is 38.8 Å². The highest BCUT2D eigenvalue weighted by Gasteiger charge is 2.29. The summed E-state index contributed by atoms with van der Waals surface area (Å²) in [5.41, 5.74) is 0.491. The Balaban J connectivity index is 1.88. The Labute approximate surface area is 178 Å². The van der Waals surface area contributed by atoms with Gasteiger partial charge >= 0.3 is 0 Å². The van der Waals surface area contributed by atoms with Gasteiger partial charge < -0.3 is 10.1 Å². The zero-order chi connectivity index (χ0) is 20.5. The van der Waals surface area contributed by atoms with Crippen LogP contribution in [0.2, 0.25) is 15.1 Å². The highest BCUT2D eigenvalue weighted by atomic mass is 35.5. The molecule has 0 aromatic heterocycles. The quantitative estimate of drug-likeness (QED) is 0.698. The summed E-state index contributed by atoms with van der Waals surface area (Å²) in [5.74, 6) is -0.233. The highest BCUT2D eigenvalue weighted by Crippen LogP contribution is 2.34. The molecule has 6 nitrogen and oxygen atoms in total. The summed E-state index contributed by atoms with van der Waals surface area (Å²) in [4.78, 5) is 12.5. The first-order valence-electron chi connectivity index (χ1n) is 8.38. The molecule has 1 aliphatic rings. The minimum atomic E-state index is -3.72. The van der Waals surface area contributed by atoms with E-state index in [1.54, 1.807) is 0 Å². The first-order valence-corrected chi connectivity index (χ1v) is 11.0. The summed E-state index contributed by atoms with van der Waals surface area (Å²) in [7, 11) is -2.30. The van der Waals surface area contributed by atoms with Crippen LogP contribution in [0.15, 0.2) is 35.2 Å². The maximum Gasteiger partial charge on any atom is 0.255 e. The highest BCUT2D eigenvalue weighted by molar-refractivity contribution is 7.89. The third-order valence-electron chi connectivity index (χ3n) is 4.34. The molecule has 1 fully saturated rings. The number of halogens is 3. The molecule has 1 saturated heterocycles. The molecule has 28 heavy (non-hydrogen) atoms. The van der Waals surface area contributed by atoms with Crippen molar-refractivity contribution in [3.63, 3.8) is 0 Å². The molecule has 0 atom stereocenters. The number of sulfonamides is 1. The first kappa shape index (κ1) is 21.2. The van der Waals surface area contributed by atoms with Crippen molar-refractivity contribution in [3.05, 3.63) is 51.0 Å². The second-order valence-electron chi connectivity index (χ2n) is 6.18. The summed E-state index contributed by atoms with van der Waals surface area (Å²) in [6, 6.07) is 7.14. The van der Waals surface area contributed by atoms with Crippen LogP contribution >= 0.6 is 34.8 Å². The molecule has 0 unspecified atom stereocenters. The smallest absolute Gasteiger partial charge is 0.255 e. The molecular weight excluding hydrogens is 447 g/mol. The minimum Gasteiger partial charge on any atom is -0.494 e. The van der Waals surface area contributed by atoms with Crippen LogP contribution in [0.5, 0.6) is 5.75 Å². The van der Waals surface area contributed by atoms with Crippen LogP contribution in [0.25, 0.3) is 0 Å². The molecule has 0 bridgehead atoms. The zero-order valence-electron chi connectivity index (χ0n) is 14.8. The normalized spacial score (nSPS) is 14.9. The fraction of sp³-hybridized carbons (Fsp3) is 0.278. The largest absolute Gasteiger partial charge is 0.494 e. The van der Waals surface area contributed by atoms with Gasteiger partial charge in [-0.15, -0.1) is 0 Å². The Hall–Kier alpha value is -1.51. The number of benzene rings is 2. The number of carbonyl (C=O) groups is 1. The van der Waals surface area contributed by atoms with Gasteiger partial charge in [0.05, 0.1) is 22.2 Å². The third kappa shape index (κ3) is 4.23. The lowest BCUT2D eigenvalue weighted by Gasteiger charge is -2.17. The number of rotatable bonds is 5. The predicted octanol–water partition coefficient (Wildman–Crippen LogP) is 4.69. The Bertz CT molecular complexity index is 998. The van der Waals surface area contributed by atoms with Gasteiger partial charge in [-0.3, -0.25) is 4.79 Å². The topological polar surface area (TPSA) is 75.7 Å². The molecule has 150 valence electrons. The van der Waals surface area contributed by atoms with E-state index in [0.717, 1.165) is 12.8 Å². The van der Waals surface area contributed by atoms with Crippen LogP contribution < -0.4 is 10.1 Å². The van der Waals surface area contributed by atoms with E-state index in [4.69, 9.17) is 39.5 Å². The van der Waals surface area contributed by atoms with Crippen LogP contribution in [-0.2, 0) is 10.0 Å². The van der Waals surface area contributed by atoms with Crippen molar-refractivity contribution < 1.29 is 17.9 Å². The number of methoxy groups -OCH3 is 1. The molecule has 2 aromatic rings. The van der Waals surface area contributed by atoms with Gasteiger partial charge in [-0.05, 0) is 43.2 Å². The zero-order valence-corrected chi connectivity index (χ0v) is 17.9. The van der Waals surface area contributed by atoms with Gasteiger partial charge in [-0.1, -0.05) is 34.8 Å². The first-order chi connectivity index (χ1) is 13.2. The number of nitrogens with one attached hydrogen (secondary N) is 1. The number of anilines is 1. The maximum atomic E-state index is 12.8. The van der Waals surface area contributed by atoms with Crippen molar-refractivity contribution in [1.82, 2.24) is 4.31 Å². The van der Waals surface area contributed by atoms with Gasteiger partial charge in [0.2, 0.25) is 10.0 Å². The summed E-state index contributed by atoms with van der Waals surface area (Å²) < 4.78 is 32.1. The SMILES string of the molecule is COc1c(Cl)cc(C(=O)Nc2ccc(Cl)c(S(=O)(=O)N3CCCC3)c2)cc1Cl. The molecule has 1 heterocycles. The fourth-order valence-corrected chi connectivity index (χ4v) is 5.59. The van der Waals surface area contributed by atoms with Gasteiger partial charge in [0, 0.05) is 24.3 Å². The molecule has 1 amide bonds. The predicted molar refractivity (Wildman–Crippen MR) is 110 cm³/mol. The van der Waals surface area contributed by atoms with Crippen LogP contribution in [0.4, 0.5) is 5.69 Å². The summed E-state index contributed by atoms with van der Waals surface area (Å²) in [6.45, 7) is 0.913. The van der Waals surface area contributed by atoms with Crippen molar-refractivity contribution in [2.75, 3.05) is 25.5 Å². The number of ether oxygens (including phenoxy) is 1. The van der Waals surface area contributed by atoms with Gasteiger partial charge in [-0.25, -0.2) is 8.42 Å². The van der Waals surface area contributed by atoms with E-state index >= 15 is 0 Å². The third-order valence-corrected chi connectivity index (χ3v) is 7.28. The number of nitrogens with zero attached hydrogens (tertiary/aromatic N) is 1. The van der Waals surface area contributed by atoms with Gasteiger partial charge in [0.25, 0.3) is 5.91 Å². The Morgan fingerprint density at radius 3 is 2.21 bits per heavy atom. The Morgan fingerprint density at radius 1 is 1.04 bits per heavy atom. The molecule has 0 aliphatic carbocycles. The lowest BCUT2D eigenvalue weighted by molar-refractivity contribution is 0.102. The van der Waals surface area contributed by atoms with Gasteiger partial charge in [0.15, 0.2) is 5.75 Å². The van der Waals surface area contributed by atoms with Crippen molar-refractivity contribution in [2.45, 2.75) is 17.7 Å². The van der Waals surface area contributed by atoms with Gasteiger partial charge in [-0.2, -0.15) is 4.31 Å². The van der Waals surface area contributed by atoms with E-state index in [-0.39, 0.29) is 37.0 Å². The van der Waals surface area contributed by atoms with Crippen molar-refractivity contribution in [3.8, 4) is 5.75 Å². The fourth-order valence-electron chi connectivity index (χ4n) is 2.94. The average molecular weight is 464 g/mol. The van der Waals surface area contributed by atoms with Crippen LogP contribution in [0.1, 0.15) is 23.2 Å². The second kappa shape index (κ2) is 8.47. The summed E-state index contributed by atoms with van der Waals surface area (Å²) >= 11 is 18.3. The van der Waals surface area contributed by atoms with Crippen LogP contribution in [0.3, 0.4) is 0 Å². The van der Waals surface area contributed by atoms with Gasteiger partial charge in [0.1, 0.15) is 4.90 Å². The van der Waals surface area contributed by atoms with E-state index in [9.17, 15) is 13.2 Å².